The molecule has 0 aliphatic carbocycles. The summed E-state index contributed by atoms with van der Waals surface area (Å²) in [4.78, 5) is 17.4. The van der Waals surface area contributed by atoms with Crippen molar-refractivity contribution in [2.75, 3.05) is 45.2 Å². The van der Waals surface area contributed by atoms with Crippen LogP contribution >= 0.6 is 0 Å². The minimum Gasteiger partial charge on any atom is -0.376 e. The molecule has 0 saturated carbocycles. The zero-order chi connectivity index (χ0) is 32.2. The van der Waals surface area contributed by atoms with E-state index in [1.807, 2.05) is 44.4 Å². The summed E-state index contributed by atoms with van der Waals surface area (Å²) >= 11 is 0. The Hall–Kier alpha value is -4.56. The van der Waals surface area contributed by atoms with Crippen LogP contribution in [0.5, 0.6) is 0 Å². The van der Waals surface area contributed by atoms with E-state index in [4.69, 9.17) is 10.1 Å². The lowest BCUT2D eigenvalue weighted by Crippen LogP contribution is -2.24. The highest BCUT2D eigenvalue weighted by atomic mass is 19.1. The molecule has 238 valence electrons. The SMILES string of the molecule is C=C/C=C(/c1cc(F)cc(C(CC)CCN2CCCC2)c1)c1cc(-c2n[nH]c3c2=CC(c2cncc(N(C)C)c2)=NCC=3)[nH]c1C. The Bertz CT molecular complexity index is 1900. The number of halogens is 1. The number of aryl methyl sites for hydroxylation is 1. The zero-order valence-corrected chi connectivity index (χ0v) is 27.4. The maximum absolute atomic E-state index is 15.3. The molecule has 1 atom stereocenters. The quantitative estimate of drug-likeness (QED) is 0.203. The predicted octanol–water partition coefficient (Wildman–Crippen LogP) is 5.97. The molecule has 0 spiro atoms. The summed E-state index contributed by atoms with van der Waals surface area (Å²) in [7, 11) is 4.00. The summed E-state index contributed by atoms with van der Waals surface area (Å²) in [5.41, 5.74) is 9.29. The molecule has 1 unspecified atom stereocenters. The third kappa shape index (κ3) is 6.67. The number of rotatable bonds is 11. The average molecular weight is 618 g/mol. The fourth-order valence-corrected chi connectivity index (χ4v) is 6.66. The van der Waals surface area contributed by atoms with Crippen molar-refractivity contribution in [2.24, 2.45) is 4.99 Å². The van der Waals surface area contributed by atoms with Crippen LogP contribution in [0.25, 0.3) is 29.1 Å². The first-order chi connectivity index (χ1) is 22.3. The Balaban J connectivity index is 1.35. The summed E-state index contributed by atoms with van der Waals surface area (Å²) in [6.45, 7) is 12.2. The Morgan fingerprint density at radius 3 is 2.72 bits per heavy atom. The maximum Gasteiger partial charge on any atom is 0.124 e. The van der Waals surface area contributed by atoms with Gasteiger partial charge in [-0.2, -0.15) is 5.10 Å². The fraction of sp³-hybridized carbons (Fsp3) is 0.342. The summed E-state index contributed by atoms with van der Waals surface area (Å²) in [5.74, 6) is 0.0941. The number of benzene rings is 1. The molecule has 6 rings (SSSR count). The van der Waals surface area contributed by atoms with E-state index in [2.05, 4.69) is 63.8 Å². The lowest BCUT2D eigenvalue weighted by atomic mass is 9.88. The number of aromatic nitrogens is 4. The Morgan fingerprint density at radius 2 is 1.96 bits per heavy atom. The van der Waals surface area contributed by atoms with Crippen LogP contribution in [-0.4, -0.2) is 71.1 Å². The molecule has 0 radical (unpaired) electrons. The Kier molecular flexibility index (Phi) is 9.45. The average Bonchev–Trinajstić information content (AvgIpc) is 3.77. The van der Waals surface area contributed by atoms with Gasteiger partial charge in [0.1, 0.15) is 11.5 Å². The van der Waals surface area contributed by atoms with Crippen LogP contribution in [0, 0.1) is 12.7 Å². The van der Waals surface area contributed by atoms with E-state index < -0.39 is 0 Å². The number of fused-ring (bicyclic) bond motifs is 1. The van der Waals surface area contributed by atoms with Gasteiger partial charge in [0, 0.05) is 42.3 Å². The summed E-state index contributed by atoms with van der Waals surface area (Å²) < 4.78 is 15.3. The van der Waals surface area contributed by atoms with E-state index in [1.165, 1.54) is 25.9 Å². The molecule has 2 aliphatic heterocycles. The van der Waals surface area contributed by atoms with Gasteiger partial charge in [-0.1, -0.05) is 31.7 Å². The number of hydrogen-bond acceptors (Lipinski definition) is 5. The Morgan fingerprint density at radius 1 is 1.13 bits per heavy atom. The number of pyridine rings is 1. The molecule has 4 aromatic rings. The molecule has 1 fully saturated rings. The summed E-state index contributed by atoms with van der Waals surface area (Å²) in [6.07, 6.45) is 16.1. The van der Waals surface area contributed by atoms with Gasteiger partial charge in [0.05, 0.1) is 35.2 Å². The van der Waals surface area contributed by atoms with Crippen molar-refractivity contribution < 1.29 is 4.39 Å². The van der Waals surface area contributed by atoms with E-state index in [0.717, 1.165) is 86.3 Å². The normalized spacial score (nSPS) is 15.8. The first-order valence-electron chi connectivity index (χ1n) is 16.3. The minimum atomic E-state index is -0.210. The molecule has 2 aliphatic rings. The first kappa shape index (κ1) is 31.4. The molecule has 0 bridgehead atoms. The van der Waals surface area contributed by atoms with Crippen LogP contribution in [0.15, 0.2) is 66.4 Å². The topological polar surface area (TPSA) is 76.2 Å². The van der Waals surface area contributed by atoms with Crippen LogP contribution < -0.4 is 15.5 Å². The molecule has 2 N–H and O–H groups in total. The number of hydrogen-bond donors (Lipinski definition) is 2. The van der Waals surface area contributed by atoms with Crippen LogP contribution in [-0.2, 0) is 0 Å². The summed E-state index contributed by atoms with van der Waals surface area (Å²) in [6, 6.07) is 9.74. The first-order valence-corrected chi connectivity index (χ1v) is 16.3. The van der Waals surface area contributed by atoms with Gasteiger partial charge in [-0.15, -0.1) is 0 Å². The van der Waals surface area contributed by atoms with Crippen LogP contribution in [0.2, 0.25) is 0 Å². The van der Waals surface area contributed by atoms with Crippen molar-refractivity contribution >= 4 is 29.1 Å². The number of aromatic amines is 2. The van der Waals surface area contributed by atoms with Crippen LogP contribution in [0.3, 0.4) is 0 Å². The van der Waals surface area contributed by atoms with Crippen molar-refractivity contribution in [1.29, 1.82) is 0 Å². The highest BCUT2D eigenvalue weighted by molar-refractivity contribution is 6.21. The number of aliphatic imine (C=N–C) groups is 1. The second-order valence-corrected chi connectivity index (χ2v) is 12.6. The number of anilines is 1. The second-order valence-electron chi connectivity index (χ2n) is 12.6. The van der Waals surface area contributed by atoms with Gasteiger partial charge < -0.3 is 14.8 Å². The van der Waals surface area contributed by atoms with Gasteiger partial charge in [-0.3, -0.25) is 15.1 Å². The third-order valence-electron chi connectivity index (χ3n) is 9.24. The second kappa shape index (κ2) is 13.8. The summed E-state index contributed by atoms with van der Waals surface area (Å²) in [5, 5.41) is 9.83. The van der Waals surface area contributed by atoms with Crippen LogP contribution in [0.1, 0.15) is 66.5 Å². The molecular formula is C38H44FN7. The number of likely N-dealkylation sites (tertiary alicyclic amines) is 1. The molecule has 3 aromatic heterocycles. The molecule has 8 heteroatoms. The largest absolute Gasteiger partial charge is 0.376 e. The monoisotopic (exact) mass is 617 g/mol. The third-order valence-corrected chi connectivity index (χ3v) is 9.24. The van der Waals surface area contributed by atoms with E-state index in [0.29, 0.717) is 12.5 Å². The van der Waals surface area contributed by atoms with Gasteiger partial charge in [-0.05, 0) is 111 Å². The van der Waals surface area contributed by atoms with Gasteiger partial charge in [0.2, 0.25) is 0 Å². The van der Waals surface area contributed by atoms with E-state index in [1.54, 1.807) is 18.2 Å². The van der Waals surface area contributed by atoms with Gasteiger partial charge in [0.25, 0.3) is 0 Å². The molecule has 5 heterocycles. The van der Waals surface area contributed by atoms with E-state index in [9.17, 15) is 0 Å². The highest BCUT2D eigenvalue weighted by Gasteiger charge is 2.20. The molecule has 0 amide bonds. The highest BCUT2D eigenvalue weighted by Crippen LogP contribution is 2.33. The van der Waals surface area contributed by atoms with Crippen molar-refractivity contribution in [2.45, 2.75) is 45.4 Å². The predicted molar refractivity (Wildman–Crippen MR) is 188 cm³/mol. The lowest BCUT2D eigenvalue weighted by Gasteiger charge is -2.21. The van der Waals surface area contributed by atoms with Crippen molar-refractivity contribution in [3.63, 3.8) is 0 Å². The standard InChI is InChI=1S/C38H44FN7/c1-6-10-32(28-17-27(18-30(39)19-28)26(7-2)12-16-46-14-8-9-15-46)33-21-37(42-25(33)3)38-34-22-36(41-13-11-35(34)43-44-38)29-20-31(45(4)5)24-40-23-29/h6,10-11,17-24,26,42-43H,1,7-9,12-16H2,2-5H3/b32-10-. The van der Waals surface area contributed by atoms with Crippen LogP contribution in [0.4, 0.5) is 10.1 Å². The number of allylic oxidation sites excluding steroid dienone is 2. The minimum absolute atomic E-state index is 0.210. The number of nitrogens with one attached hydrogen (secondary N) is 2. The number of H-pyrrole nitrogens is 2. The van der Waals surface area contributed by atoms with Crippen molar-refractivity contribution in [1.82, 2.24) is 25.1 Å². The molecule has 7 nitrogen and oxygen atoms in total. The van der Waals surface area contributed by atoms with Gasteiger partial charge in [-0.25, -0.2) is 4.39 Å². The molecule has 1 aromatic carbocycles. The Labute approximate surface area is 271 Å². The molecule has 46 heavy (non-hydrogen) atoms. The van der Waals surface area contributed by atoms with E-state index in [-0.39, 0.29) is 5.82 Å². The van der Waals surface area contributed by atoms with E-state index >= 15 is 4.39 Å². The van der Waals surface area contributed by atoms with Gasteiger partial charge >= 0.3 is 0 Å². The maximum atomic E-state index is 15.3. The molecule has 1 saturated heterocycles. The van der Waals surface area contributed by atoms with Crippen molar-refractivity contribution in [3.8, 4) is 11.4 Å². The lowest BCUT2D eigenvalue weighted by molar-refractivity contribution is 0.319. The number of nitrogens with zero attached hydrogens (tertiary/aromatic N) is 5. The molecular weight excluding hydrogens is 573 g/mol. The fourth-order valence-electron chi connectivity index (χ4n) is 6.66. The zero-order valence-electron chi connectivity index (χ0n) is 27.4. The van der Waals surface area contributed by atoms with Crippen molar-refractivity contribution in [3.05, 3.63) is 106 Å². The van der Waals surface area contributed by atoms with Gasteiger partial charge in [0.15, 0.2) is 0 Å². The smallest absolute Gasteiger partial charge is 0.124 e.